The van der Waals surface area contributed by atoms with Crippen LogP contribution in [0.3, 0.4) is 0 Å². The van der Waals surface area contributed by atoms with Gasteiger partial charge >= 0.3 is 23.9 Å². The van der Waals surface area contributed by atoms with Crippen molar-refractivity contribution in [2.75, 3.05) is 13.2 Å². The molecule has 0 heterocycles. The lowest BCUT2D eigenvalue weighted by atomic mass is 10.4. The molecule has 0 saturated carbocycles. The number of unbranched alkanes of at least 4 members (excludes halogenated alkanes) is 2. The Morgan fingerprint density at radius 3 is 1.38 bits per heavy atom. The van der Waals surface area contributed by atoms with Crippen molar-refractivity contribution in [3.63, 3.8) is 0 Å². The van der Waals surface area contributed by atoms with Crippen molar-refractivity contribution in [2.45, 2.75) is 39.5 Å². The Morgan fingerprint density at radius 1 is 0.857 bits per heavy atom. The van der Waals surface area contributed by atoms with Gasteiger partial charge in [-0.3, -0.25) is 0 Å². The zero-order valence-corrected chi connectivity index (χ0v) is 14.5. The van der Waals surface area contributed by atoms with Gasteiger partial charge < -0.3 is 19.6 Å². The molecule has 0 aliphatic rings. The van der Waals surface area contributed by atoms with E-state index in [1.165, 1.54) is 0 Å². The monoisotopic (exact) mass is 371 g/mol. The molecule has 0 saturated heterocycles. The van der Waals surface area contributed by atoms with Crippen molar-refractivity contribution < 1.29 is 46.6 Å². The van der Waals surface area contributed by atoms with Crippen LogP contribution in [0.5, 0.6) is 0 Å². The lowest BCUT2D eigenvalue weighted by Crippen LogP contribution is -1.90. The molecule has 4 N–H and O–H groups in total. The Labute approximate surface area is 124 Å². The molecule has 13 heteroatoms. The van der Waals surface area contributed by atoms with Crippen LogP contribution >= 0.6 is 23.9 Å². The summed E-state index contributed by atoms with van der Waals surface area (Å²) < 4.78 is 42.9. The number of hydrogen-bond donors (Lipinski definition) is 4. The number of rotatable bonds is 10. The van der Waals surface area contributed by atoms with Crippen molar-refractivity contribution in [2.24, 2.45) is 0 Å². The molecule has 0 aromatic carbocycles. The van der Waals surface area contributed by atoms with Crippen molar-refractivity contribution in [1.29, 1.82) is 0 Å². The molecule has 0 amide bonds. The van der Waals surface area contributed by atoms with Gasteiger partial charge in [0.2, 0.25) is 0 Å². The third-order valence-electron chi connectivity index (χ3n) is 1.60. The fourth-order valence-corrected chi connectivity index (χ4v) is 2.48. The van der Waals surface area contributed by atoms with E-state index in [-0.39, 0.29) is 0 Å². The van der Waals surface area contributed by atoms with Crippen LogP contribution in [0, 0.1) is 0 Å². The first-order valence-corrected chi connectivity index (χ1v) is 10.2. The van der Waals surface area contributed by atoms with Crippen LogP contribution in [0.15, 0.2) is 0 Å². The molecule has 21 heavy (non-hydrogen) atoms. The Hall–Kier alpha value is 0.280. The second-order valence-electron chi connectivity index (χ2n) is 3.66. The molecule has 0 aliphatic carbocycles. The van der Waals surface area contributed by atoms with Crippen LogP contribution < -0.4 is 0 Å². The maximum Gasteiger partial charge on any atom is 0.697 e. The molecule has 10 nitrogen and oxygen atoms in total. The van der Waals surface area contributed by atoms with Crippen molar-refractivity contribution in [3.05, 3.63) is 0 Å². The molecule has 0 bridgehead atoms. The predicted molar refractivity (Wildman–Crippen MR) is 74.5 cm³/mol. The highest BCUT2D eigenvalue weighted by molar-refractivity contribution is 7.60. The average Bonchev–Trinajstić information content (AvgIpc) is 2.25. The van der Waals surface area contributed by atoms with E-state index in [9.17, 15) is 13.7 Å². The third kappa shape index (κ3) is 25.6. The summed E-state index contributed by atoms with van der Waals surface area (Å²) in [5.41, 5.74) is 0. The van der Waals surface area contributed by atoms with Gasteiger partial charge in [0.05, 0.1) is 0 Å². The first-order chi connectivity index (χ1) is 9.52. The smallest absolute Gasteiger partial charge is 0.302 e. The molecule has 0 unspecified atom stereocenters. The summed E-state index contributed by atoms with van der Waals surface area (Å²) in [7, 11) is -12.0. The third-order valence-corrected chi connectivity index (χ3v) is 4.09. The topological polar surface area (TPSA) is 160 Å². The summed E-state index contributed by atoms with van der Waals surface area (Å²) >= 11 is 0. The molecule has 0 aromatic heterocycles. The molecular weight excluding hydrogens is 349 g/mol. The van der Waals surface area contributed by atoms with Gasteiger partial charge in [-0.25, -0.2) is 9.13 Å². The van der Waals surface area contributed by atoms with Crippen LogP contribution in [0.4, 0.5) is 0 Å². The molecule has 0 spiro atoms. The molecule has 0 atom stereocenters. The second kappa shape index (κ2) is 12.8. The van der Waals surface area contributed by atoms with Gasteiger partial charge in [-0.1, -0.05) is 26.7 Å². The van der Waals surface area contributed by atoms with Crippen LogP contribution in [0.1, 0.15) is 39.5 Å². The van der Waals surface area contributed by atoms with Crippen molar-refractivity contribution >= 4 is 23.9 Å². The van der Waals surface area contributed by atoms with E-state index in [2.05, 4.69) is 18.2 Å². The molecule has 0 radical (unpaired) electrons. The SMILES string of the molecule is CCCCO[P+](=O)OCCCC.O=P(O)(O)OP(=O)(O)O. The summed E-state index contributed by atoms with van der Waals surface area (Å²) in [6.07, 6.45) is 3.99. The zero-order valence-electron chi connectivity index (χ0n) is 11.8. The lowest BCUT2D eigenvalue weighted by molar-refractivity contribution is 0.220. The highest BCUT2D eigenvalue weighted by Crippen LogP contribution is 2.53. The summed E-state index contributed by atoms with van der Waals surface area (Å²) in [5, 5.41) is 0. The van der Waals surface area contributed by atoms with E-state index in [1.807, 2.05) is 0 Å². The number of hydrogen-bond acceptors (Lipinski definition) is 6. The Balaban J connectivity index is 0. The van der Waals surface area contributed by atoms with E-state index >= 15 is 0 Å². The van der Waals surface area contributed by atoms with Crippen LogP contribution in [-0.4, -0.2) is 32.8 Å². The maximum absolute atomic E-state index is 10.9. The maximum atomic E-state index is 10.9. The number of phosphoric acid groups is 2. The summed E-state index contributed by atoms with van der Waals surface area (Å²) in [4.78, 5) is 31.0. The first kappa shape index (κ1) is 23.5. The minimum Gasteiger partial charge on any atom is -0.302 e. The highest BCUT2D eigenvalue weighted by atomic mass is 31.3. The second-order valence-corrected chi connectivity index (χ2v) is 7.24. The molecule has 0 aliphatic heterocycles. The predicted octanol–water partition coefficient (Wildman–Crippen LogP) is 2.47. The highest BCUT2D eigenvalue weighted by Gasteiger charge is 2.27. The van der Waals surface area contributed by atoms with Crippen molar-refractivity contribution in [3.8, 4) is 0 Å². The van der Waals surface area contributed by atoms with E-state index in [4.69, 9.17) is 28.6 Å². The van der Waals surface area contributed by atoms with Gasteiger partial charge in [0.15, 0.2) is 0 Å². The van der Waals surface area contributed by atoms with Gasteiger partial charge in [0.25, 0.3) is 0 Å². The normalized spacial score (nSPS) is 11.7. The Morgan fingerprint density at radius 2 is 1.19 bits per heavy atom. The fourth-order valence-electron chi connectivity index (χ4n) is 0.743. The summed E-state index contributed by atoms with van der Waals surface area (Å²) in [6, 6.07) is 0. The van der Waals surface area contributed by atoms with E-state index < -0.39 is 23.9 Å². The minimum atomic E-state index is -5.05. The summed E-state index contributed by atoms with van der Waals surface area (Å²) in [6.45, 7) is 5.21. The molecule has 0 rings (SSSR count). The van der Waals surface area contributed by atoms with Gasteiger partial charge in [-0.15, -0.1) is 9.05 Å². The summed E-state index contributed by atoms with van der Waals surface area (Å²) in [5.74, 6) is 0. The van der Waals surface area contributed by atoms with Crippen LogP contribution in [0.2, 0.25) is 0 Å². The van der Waals surface area contributed by atoms with Gasteiger partial charge in [-0.2, -0.15) is 4.31 Å². The fraction of sp³-hybridized carbons (Fsp3) is 1.00. The van der Waals surface area contributed by atoms with Gasteiger partial charge in [0, 0.05) is 4.57 Å². The average molecular weight is 371 g/mol. The Kier molecular flexibility index (Phi) is 14.3. The molecule has 0 aromatic rings. The van der Waals surface area contributed by atoms with Gasteiger partial charge in [0.1, 0.15) is 13.2 Å². The van der Waals surface area contributed by atoms with E-state index in [0.717, 1.165) is 25.7 Å². The molecular formula is C8H22O10P3+. The minimum absolute atomic E-state index is 0.540. The first-order valence-electron chi connectivity index (χ1n) is 6.07. The lowest BCUT2D eigenvalue weighted by Gasteiger charge is -2.03. The van der Waals surface area contributed by atoms with Crippen molar-refractivity contribution in [1.82, 2.24) is 0 Å². The van der Waals surface area contributed by atoms with Crippen LogP contribution in [-0.2, 0) is 27.1 Å². The quantitative estimate of drug-likeness (QED) is 0.332. The Bertz CT molecular complexity index is 329. The zero-order chi connectivity index (χ0) is 16.9. The largest absolute Gasteiger partial charge is 0.697 e. The van der Waals surface area contributed by atoms with E-state index in [0.29, 0.717) is 13.2 Å². The van der Waals surface area contributed by atoms with Gasteiger partial charge in [-0.05, 0) is 12.8 Å². The van der Waals surface area contributed by atoms with Crippen LogP contribution in [0.25, 0.3) is 0 Å². The molecule has 0 fully saturated rings. The standard InChI is InChI=1S/C8H18O3P.H4O7P2/c1-3-5-7-10-12(9)11-8-6-4-2;1-8(2,3)7-9(4,5)6/h3-8H2,1-2H3;(H2,1,2,3)(H2,4,5,6)/q+1;. The van der Waals surface area contributed by atoms with E-state index in [1.54, 1.807) is 0 Å². The molecule has 128 valence electrons.